The molecule has 0 unspecified atom stereocenters. The van der Waals surface area contributed by atoms with Crippen LogP contribution in [-0.4, -0.2) is 31.1 Å². The number of fused-ring (bicyclic) bond motifs is 1. The fourth-order valence-electron chi connectivity index (χ4n) is 3.14. The molecule has 0 bridgehead atoms. The van der Waals surface area contributed by atoms with Crippen LogP contribution in [0.25, 0.3) is 0 Å². The van der Waals surface area contributed by atoms with Gasteiger partial charge < -0.3 is 14.4 Å². The lowest BCUT2D eigenvalue weighted by molar-refractivity contribution is -0.149. The van der Waals surface area contributed by atoms with Crippen molar-refractivity contribution in [1.29, 1.82) is 0 Å². The maximum absolute atomic E-state index is 12.5. The van der Waals surface area contributed by atoms with Crippen LogP contribution in [0.3, 0.4) is 0 Å². The van der Waals surface area contributed by atoms with Crippen LogP contribution < -0.4 is 9.64 Å². The molecule has 0 saturated carbocycles. The highest BCUT2D eigenvalue weighted by Gasteiger charge is 2.30. The number of hydrogen-bond acceptors (Lipinski definition) is 4. The van der Waals surface area contributed by atoms with Crippen LogP contribution in [-0.2, 0) is 20.7 Å². The molecule has 1 heterocycles. The Labute approximate surface area is 153 Å². The first-order chi connectivity index (χ1) is 12.5. The van der Waals surface area contributed by atoms with Crippen molar-refractivity contribution < 1.29 is 19.1 Å². The molecule has 5 heteroatoms. The average Bonchev–Trinajstić information content (AvgIpc) is 2.96. The highest BCUT2D eigenvalue weighted by atomic mass is 16.6. The number of carbonyl (C=O) groups is 2. The second-order valence-electron chi connectivity index (χ2n) is 6.64. The topological polar surface area (TPSA) is 55.8 Å². The summed E-state index contributed by atoms with van der Waals surface area (Å²) in [6.45, 7) is 5.48. The second-order valence-corrected chi connectivity index (χ2v) is 6.64. The van der Waals surface area contributed by atoms with Gasteiger partial charge >= 0.3 is 5.97 Å². The third kappa shape index (κ3) is 3.87. The molecule has 1 atom stereocenters. The van der Waals surface area contributed by atoms with Crippen LogP contribution in [0.5, 0.6) is 5.75 Å². The molecular formula is C21H23NO4. The van der Waals surface area contributed by atoms with Gasteiger partial charge in [0.15, 0.2) is 13.2 Å². The van der Waals surface area contributed by atoms with E-state index in [1.54, 1.807) is 4.90 Å². The van der Waals surface area contributed by atoms with E-state index in [1.807, 2.05) is 63.2 Å². The van der Waals surface area contributed by atoms with E-state index >= 15 is 0 Å². The number of ether oxygens (including phenoxy) is 2. The van der Waals surface area contributed by atoms with Gasteiger partial charge in [0.1, 0.15) is 5.75 Å². The van der Waals surface area contributed by atoms with Gasteiger partial charge in [0.05, 0.1) is 0 Å². The van der Waals surface area contributed by atoms with Crippen LogP contribution >= 0.6 is 0 Å². The van der Waals surface area contributed by atoms with Crippen LogP contribution in [0.1, 0.15) is 23.6 Å². The number of aryl methyl sites for hydroxylation is 2. The van der Waals surface area contributed by atoms with Gasteiger partial charge in [0.2, 0.25) is 0 Å². The minimum absolute atomic E-state index is 0.0605. The predicted molar refractivity (Wildman–Crippen MR) is 99.5 cm³/mol. The Morgan fingerprint density at radius 3 is 2.62 bits per heavy atom. The molecule has 2 aromatic rings. The van der Waals surface area contributed by atoms with Gasteiger partial charge in [-0.2, -0.15) is 0 Å². The number of anilines is 1. The zero-order valence-electron chi connectivity index (χ0n) is 15.3. The van der Waals surface area contributed by atoms with Crippen LogP contribution in [0.4, 0.5) is 5.69 Å². The van der Waals surface area contributed by atoms with E-state index in [2.05, 4.69) is 0 Å². The van der Waals surface area contributed by atoms with Gasteiger partial charge in [-0.05, 0) is 62.1 Å². The van der Waals surface area contributed by atoms with Gasteiger partial charge in [-0.25, -0.2) is 4.79 Å². The quantitative estimate of drug-likeness (QED) is 0.775. The van der Waals surface area contributed by atoms with Gasteiger partial charge in [-0.3, -0.25) is 4.79 Å². The Morgan fingerprint density at radius 1 is 1.08 bits per heavy atom. The van der Waals surface area contributed by atoms with Crippen LogP contribution in [0.2, 0.25) is 0 Å². The first-order valence-corrected chi connectivity index (χ1v) is 8.71. The predicted octanol–water partition coefficient (Wildman–Crippen LogP) is 3.20. The molecule has 3 rings (SSSR count). The molecule has 0 aromatic heterocycles. The summed E-state index contributed by atoms with van der Waals surface area (Å²) in [4.78, 5) is 26.1. The largest absolute Gasteiger partial charge is 0.482 e. The normalized spacial score (nSPS) is 15.5. The summed E-state index contributed by atoms with van der Waals surface area (Å²) in [7, 11) is 0. The number of para-hydroxylation sites is 1. The van der Waals surface area contributed by atoms with Crippen molar-refractivity contribution >= 4 is 17.6 Å². The fourth-order valence-corrected chi connectivity index (χ4v) is 3.14. The lowest BCUT2D eigenvalue weighted by atomic mass is 10.1. The summed E-state index contributed by atoms with van der Waals surface area (Å²) in [5.41, 5.74) is 4.28. The molecule has 1 aliphatic heterocycles. The van der Waals surface area contributed by atoms with Crippen molar-refractivity contribution in [3.05, 3.63) is 59.2 Å². The van der Waals surface area contributed by atoms with Gasteiger partial charge in [0.25, 0.3) is 5.91 Å². The van der Waals surface area contributed by atoms with E-state index < -0.39 is 5.97 Å². The molecule has 0 radical (unpaired) electrons. The Kier molecular flexibility index (Phi) is 5.26. The number of amides is 1. The van der Waals surface area contributed by atoms with Crippen molar-refractivity contribution in [3.63, 3.8) is 0 Å². The lowest BCUT2D eigenvalue weighted by Gasteiger charge is -2.22. The average molecular weight is 353 g/mol. The smallest absolute Gasteiger partial charge is 0.344 e. The Bertz CT molecular complexity index is 831. The zero-order valence-corrected chi connectivity index (χ0v) is 15.3. The third-order valence-electron chi connectivity index (χ3n) is 4.67. The van der Waals surface area contributed by atoms with Crippen LogP contribution in [0.15, 0.2) is 42.5 Å². The molecule has 0 fully saturated rings. The monoisotopic (exact) mass is 353 g/mol. The molecule has 0 N–H and O–H groups in total. The van der Waals surface area contributed by atoms with E-state index in [1.165, 1.54) is 0 Å². The summed E-state index contributed by atoms with van der Waals surface area (Å²) in [6.07, 6.45) is 0.811. The van der Waals surface area contributed by atoms with Crippen molar-refractivity contribution in [3.8, 4) is 5.75 Å². The molecule has 0 aliphatic carbocycles. The Morgan fingerprint density at radius 2 is 1.85 bits per heavy atom. The summed E-state index contributed by atoms with van der Waals surface area (Å²) in [5.74, 6) is -0.169. The van der Waals surface area contributed by atoms with Crippen LogP contribution in [0, 0.1) is 13.8 Å². The highest BCUT2D eigenvalue weighted by Crippen LogP contribution is 2.31. The molecule has 2 aromatic carbocycles. The Balaban J connectivity index is 1.51. The van der Waals surface area contributed by atoms with Gasteiger partial charge in [-0.1, -0.05) is 24.3 Å². The summed E-state index contributed by atoms with van der Waals surface area (Å²) in [6, 6.07) is 13.5. The molecule has 26 heavy (non-hydrogen) atoms. The number of hydrogen-bond donors (Lipinski definition) is 0. The Hall–Kier alpha value is -2.82. The van der Waals surface area contributed by atoms with Crippen molar-refractivity contribution in [2.75, 3.05) is 18.1 Å². The van der Waals surface area contributed by atoms with Gasteiger partial charge in [-0.15, -0.1) is 0 Å². The second kappa shape index (κ2) is 7.60. The minimum atomic E-state index is -0.559. The number of benzene rings is 2. The van der Waals surface area contributed by atoms with E-state index in [0.29, 0.717) is 5.75 Å². The number of esters is 1. The highest BCUT2D eigenvalue weighted by molar-refractivity contribution is 5.97. The summed E-state index contributed by atoms with van der Waals surface area (Å²) in [5, 5.41) is 0. The van der Waals surface area contributed by atoms with E-state index in [4.69, 9.17) is 9.47 Å². The molecule has 0 spiro atoms. The molecule has 136 valence electrons. The first-order valence-electron chi connectivity index (χ1n) is 8.71. The summed E-state index contributed by atoms with van der Waals surface area (Å²) < 4.78 is 10.5. The zero-order chi connectivity index (χ0) is 18.7. The van der Waals surface area contributed by atoms with Gasteiger partial charge in [0, 0.05) is 11.7 Å². The van der Waals surface area contributed by atoms with E-state index in [0.717, 1.165) is 28.8 Å². The number of rotatable bonds is 5. The maximum Gasteiger partial charge on any atom is 0.344 e. The van der Waals surface area contributed by atoms with E-state index in [9.17, 15) is 9.59 Å². The van der Waals surface area contributed by atoms with E-state index in [-0.39, 0.29) is 25.2 Å². The molecule has 1 aliphatic rings. The SMILES string of the molecule is Cc1ccc(OCC(=O)OCC(=O)N2c3ccccc3C[C@H]2C)cc1C. The first kappa shape index (κ1) is 18.0. The minimum Gasteiger partial charge on any atom is -0.482 e. The van der Waals surface area contributed by atoms with Crippen molar-refractivity contribution in [2.45, 2.75) is 33.2 Å². The molecule has 1 amide bonds. The van der Waals surface area contributed by atoms with Crippen molar-refractivity contribution in [1.82, 2.24) is 0 Å². The third-order valence-corrected chi connectivity index (χ3v) is 4.67. The molecule has 0 saturated heterocycles. The standard InChI is InChI=1S/C21H23NO4/c1-14-8-9-18(10-15(14)2)25-13-21(24)26-12-20(23)22-16(3)11-17-6-4-5-7-19(17)22/h4-10,16H,11-13H2,1-3H3/t16-/m1/s1. The summed E-state index contributed by atoms with van der Waals surface area (Å²) >= 11 is 0. The molecule has 5 nitrogen and oxygen atoms in total. The lowest BCUT2D eigenvalue weighted by Crippen LogP contribution is -2.39. The fraction of sp³-hybridized carbons (Fsp3) is 0.333. The van der Waals surface area contributed by atoms with Crippen molar-refractivity contribution in [2.24, 2.45) is 0 Å². The maximum atomic E-state index is 12.5. The number of carbonyl (C=O) groups excluding carboxylic acids is 2. The number of nitrogens with zero attached hydrogens (tertiary/aromatic N) is 1. The molecular weight excluding hydrogens is 330 g/mol.